The van der Waals surface area contributed by atoms with Gasteiger partial charge in [0, 0.05) is 5.69 Å². The van der Waals surface area contributed by atoms with Crippen LogP contribution in [0.15, 0.2) is 48.5 Å². The van der Waals surface area contributed by atoms with E-state index in [4.69, 9.17) is 5.73 Å². The van der Waals surface area contributed by atoms with Gasteiger partial charge in [-0.1, -0.05) is 42.8 Å². The normalized spacial score (nSPS) is 23.3. The second-order valence-corrected chi connectivity index (χ2v) is 7.48. The van der Waals surface area contributed by atoms with Gasteiger partial charge < -0.3 is 16.0 Å². The van der Waals surface area contributed by atoms with Crippen LogP contribution in [0, 0.1) is 0 Å². The lowest BCUT2D eigenvalue weighted by Crippen LogP contribution is -2.41. The van der Waals surface area contributed by atoms with Crippen LogP contribution in [0.2, 0.25) is 0 Å². The number of hydrogen-bond donors (Lipinski definition) is 2. The average molecular weight is 349 g/mol. The zero-order chi connectivity index (χ0) is 17.9. The molecule has 2 aliphatic rings. The Labute approximate surface area is 155 Å². The van der Waals surface area contributed by atoms with Gasteiger partial charge in [-0.3, -0.25) is 4.79 Å². The number of amides is 1. The number of nitrogens with two attached hydrogens (primary N) is 1. The molecule has 136 valence electrons. The minimum atomic E-state index is -0.117. The largest absolute Gasteiger partial charge is 0.399 e. The van der Waals surface area contributed by atoms with Gasteiger partial charge in [-0.25, -0.2) is 0 Å². The summed E-state index contributed by atoms with van der Waals surface area (Å²) in [6.07, 6.45) is 4.79. The van der Waals surface area contributed by atoms with Crippen LogP contribution in [-0.4, -0.2) is 30.4 Å². The van der Waals surface area contributed by atoms with Crippen molar-refractivity contribution < 1.29 is 4.79 Å². The summed E-state index contributed by atoms with van der Waals surface area (Å²) in [4.78, 5) is 15.4. The molecule has 0 aliphatic carbocycles. The molecule has 0 bridgehead atoms. The molecule has 1 amide bonds. The first-order valence-corrected chi connectivity index (χ1v) is 9.69. The Bertz CT molecular complexity index is 782. The lowest BCUT2D eigenvalue weighted by molar-refractivity contribution is -0.124. The Hall–Kier alpha value is -2.33. The molecule has 4 nitrogen and oxygen atoms in total. The molecule has 0 aromatic heterocycles. The van der Waals surface area contributed by atoms with Crippen LogP contribution in [-0.2, 0) is 4.79 Å². The summed E-state index contributed by atoms with van der Waals surface area (Å²) in [5.74, 6) is 0.0681. The van der Waals surface area contributed by atoms with E-state index in [0.29, 0.717) is 0 Å². The predicted octanol–water partition coefficient (Wildman–Crippen LogP) is 3.45. The molecule has 4 heteroatoms. The lowest BCUT2D eigenvalue weighted by atomic mass is 9.82. The number of hydrogen-bond acceptors (Lipinski definition) is 3. The van der Waals surface area contributed by atoms with Crippen molar-refractivity contribution in [2.45, 2.75) is 37.6 Å². The Balaban J connectivity index is 1.58. The van der Waals surface area contributed by atoms with Crippen molar-refractivity contribution in [3.05, 3.63) is 65.2 Å². The molecular weight excluding hydrogens is 322 g/mol. The van der Waals surface area contributed by atoms with Crippen LogP contribution >= 0.6 is 0 Å². The highest BCUT2D eigenvalue weighted by atomic mass is 16.2. The quantitative estimate of drug-likeness (QED) is 0.831. The smallest absolute Gasteiger partial charge is 0.228 e. The Kier molecular flexibility index (Phi) is 4.93. The first-order chi connectivity index (χ1) is 12.7. The summed E-state index contributed by atoms with van der Waals surface area (Å²) in [5, 5.41) is 3.24. The molecule has 0 saturated carbocycles. The van der Waals surface area contributed by atoms with Gasteiger partial charge in [0.15, 0.2) is 0 Å². The van der Waals surface area contributed by atoms with Gasteiger partial charge in [0.25, 0.3) is 0 Å². The van der Waals surface area contributed by atoms with Gasteiger partial charge in [0.1, 0.15) is 0 Å². The van der Waals surface area contributed by atoms with Crippen molar-refractivity contribution in [2.75, 3.05) is 25.4 Å². The Morgan fingerprint density at radius 3 is 2.54 bits per heavy atom. The summed E-state index contributed by atoms with van der Waals surface area (Å²) in [5.41, 5.74) is 10.1. The van der Waals surface area contributed by atoms with Crippen LogP contribution in [0.3, 0.4) is 0 Å². The van der Waals surface area contributed by atoms with E-state index >= 15 is 0 Å². The minimum Gasteiger partial charge on any atom is -0.399 e. The van der Waals surface area contributed by atoms with Crippen LogP contribution in [0.4, 0.5) is 5.69 Å². The van der Waals surface area contributed by atoms with Crippen molar-refractivity contribution in [3.63, 3.8) is 0 Å². The van der Waals surface area contributed by atoms with Gasteiger partial charge in [-0.15, -0.1) is 0 Å². The van der Waals surface area contributed by atoms with Gasteiger partial charge in [-0.05, 0) is 67.7 Å². The molecule has 0 spiro atoms. The highest BCUT2D eigenvalue weighted by Crippen LogP contribution is 2.36. The maximum absolute atomic E-state index is 12.9. The number of likely N-dealkylation sites (tertiary alicyclic amines) is 1. The number of rotatable bonds is 4. The summed E-state index contributed by atoms with van der Waals surface area (Å²) in [6.45, 7) is 3.33. The van der Waals surface area contributed by atoms with E-state index in [1.807, 2.05) is 30.3 Å². The van der Waals surface area contributed by atoms with Crippen LogP contribution in [0.25, 0.3) is 0 Å². The maximum atomic E-state index is 12.9. The van der Waals surface area contributed by atoms with E-state index in [-0.39, 0.29) is 17.9 Å². The molecule has 26 heavy (non-hydrogen) atoms. The SMILES string of the molecule is Nc1cccc(C2NC(=O)C(CCN3CCCCC3)c3ccccc32)c1. The topological polar surface area (TPSA) is 58.4 Å². The molecule has 2 heterocycles. The van der Waals surface area contributed by atoms with Crippen molar-refractivity contribution in [2.24, 2.45) is 0 Å². The number of carbonyl (C=O) groups is 1. The molecule has 1 saturated heterocycles. The van der Waals surface area contributed by atoms with E-state index < -0.39 is 0 Å². The Morgan fingerprint density at radius 2 is 1.77 bits per heavy atom. The number of nitrogen functional groups attached to an aromatic ring is 1. The molecule has 0 radical (unpaired) electrons. The number of benzene rings is 2. The van der Waals surface area contributed by atoms with Crippen LogP contribution in [0.5, 0.6) is 0 Å². The molecule has 4 rings (SSSR count). The van der Waals surface area contributed by atoms with E-state index in [2.05, 4.69) is 28.4 Å². The number of piperidine rings is 1. The number of fused-ring (bicyclic) bond motifs is 1. The van der Waals surface area contributed by atoms with Crippen molar-refractivity contribution in [1.29, 1.82) is 0 Å². The van der Waals surface area contributed by atoms with Crippen molar-refractivity contribution >= 4 is 11.6 Å². The standard InChI is InChI=1S/C22H27N3O/c23-17-8-6-7-16(15-17)21-19-10-3-2-9-18(19)20(22(26)24-21)11-14-25-12-4-1-5-13-25/h2-3,6-10,15,20-21H,1,4-5,11-14,23H2,(H,24,26). The second kappa shape index (κ2) is 7.50. The molecule has 2 unspecified atom stereocenters. The van der Waals surface area contributed by atoms with Gasteiger partial charge in [-0.2, -0.15) is 0 Å². The third kappa shape index (κ3) is 3.47. The lowest BCUT2D eigenvalue weighted by Gasteiger charge is -2.34. The maximum Gasteiger partial charge on any atom is 0.228 e. The highest BCUT2D eigenvalue weighted by molar-refractivity contribution is 5.87. The first kappa shape index (κ1) is 17.1. The number of nitrogens with one attached hydrogen (secondary N) is 1. The summed E-state index contributed by atoms with van der Waals surface area (Å²) < 4.78 is 0. The number of anilines is 1. The van der Waals surface area contributed by atoms with Crippen molar-refractivity contribution in [1.82, 2.24) is 10.2 Å². The average Bonchev–Trinajstić information content (AvgIpc) is 2.67. The molecule has 2 atom stereocenters. The van der Waals surface area contributed by atoms with Crippen LogP contribution in [0.1, 0.15) is 54.3 Å². The fraction of sp³-hybridized carbons (Fsp3) is 0.409. The molecule has 3 N–H and O–H groups in total. The first-order valence-electron chi connectivity index (χ1n) is 9.69. The summed E-state index contributed by atoms with van der Waals surface area (Å²) in [7, 11) is 0. The highest BCUT2D eigenvalue weighted by Gasteiger charge is 2.33. The molecule has 2 aromatic carbocycles. The number of nitrogens with zero attached hydrogens (tertiary/aromatic N) is 1. The van der Waals surface area contributed by atoms with Gasteiger partial charge in [0.2, 0.25) is 5.91 Å². The summed E-state index contributed by atoms with van der Waals surface area (Å²) >= 11 is 0. The zero-order valence-electron chi connectivity index (χ0n) is 15.2. The summed E-state index contributed by atoms with van der Waals surface area (Å²) in [6, 6.07) is 16.0. The van der Waals surface area contributed by atoms with Crippen LogP contribution < -0.4 is 11.1 Å². The minimum absolute atomic E-state index is 0.0644. The third-order valence-corrected chi connectivity index (χ3v) is 5.71. The second-order valence-electron chi connectivity index (χ2n) is 7.48. The molecule has 2 aromatic rings. The van der Waals surface area contributed by atoms with E-state index in [9.17, 15) is 4.79 Å². The van der Waals surface area contributed by atoms with E-state index in [1.54, 1.807) is 0 Å². The predicted molar refractivity (Wildman–Crippen MR) is 105 cm³/mol. The molecular formula is C22H27N3O. The van der Waals surface area contributed by atoms with Gasteiger partial charge in [0.05, 0.1) is 12.0 Å². The van der Waals surface area contributed by atoms with E-state index in [1.165, 1.54) is 43.5 Å². The number of carbonyl (C=O) groups excluding carboxylic acids is 1. The monoisotopic (exact) mass is 349 g/mol. The third-order valence-electron chi connectivity index (χ3n) is 5.71. The molecule has 1 fully saturated rings. The fourth-order valence-corrected chi connectivity index (χ4v) is 4.34. The molecule has 2 aliphatic heterocycles. The zero-order valence-corrected chi connectivity index (χ0v) is 15.2. The van der Waals surface area contributed by atoms with Crippen molar-refractivity contribution in [3.8, 4) is 0 Å². The Morgan fingerprint density at radius 1 is 1.00 bits per heavy atom. The van der Waals surface area contributed by atoms with E-state index in [0.717, 1.165) is 24.2 Å². The van der Waals surface area contributed by atoms with Gasteiger partial charge >= 0.3 is 0 Å². The fourth-order valence-electron chi connectivity index (χ4n) is 4.34.